The van der Waals surface area contributed by atoms with Crippen LogP contribution in [-0.4, -0.2) is 37.2 Å². The second-order valence-corrected chi connectivity index (χ2v) is 9.59. The molecule has 9 nitrogen and oxygen atoms in total. The van der Waals surface area contributed by atoms with Crippen LogP contribution >= 0.6 is 0 Å². The second kappa shape index (κ2) is 8.72. The maximum atomic E-state index is 13.7. The first kappa shape index (κ1) is 23.7. The number of aromatic nitrogens is 3. The Kier molecular flexibility index (Phi) is 5.45. The number of hydrogen-bond donors (Lipinski definition) is 1. The Bertz CT molecular complexity index is 1730. The molecule has 0 fully saturated rings. The molecule has 2 aliphatic carbocycles. The molecular formula is C29H25N3O6. The zero-order valence-electron chi connectivity index (χ0n) is 20.9. The predicted octanol–water partition coefficient (Wildman–Crippen LogP) is 2.97. The van der Waals surface area contributed by atoms with Crippen molar-refractivity contribution in [3.05, 3.63) is 110 Å². The number of rotatable bonds is 4. The number of phenolic OH excluding ortho intramolecular Hbond substituents is 1. The van der Waals surface area contributed by atoms with E-state index in [1.54, 1.807) is 56.3 Å². The van der Waals surface area contributed by atoms with Gasteiger partial charge in [0.25, 0.3) is 0 Å². The summed E-state index contributed by atoms with van der Waals surface area (Å²) in [4.78, 5) is 53.8. The molecule has 0 spiro atoms. The molecule has 2 atom stereocenters. The Hall–Kier alpha value is -4.66. The number of carbonyl (C=O) groups is 2. The third-order valence-electron chi connectivity index (χ3n) is 7.46. The molecule has 0 amide bonds. The fourth-order valence-electron chi connectivity index (χ4n) is 5.81. The highest BCUT2D eigenvalue weighted by Crippen LogP contribution is 2.50. The molecule has 0 saturated heterocycles. The van der Waals surface area contributed by atoms with Crippen molar-refractivity contribution in [3.63, 3.8) is 0 Å². The number of aromatic hydroxyl groups is 1. The van der Waals surface area contributed by atoms with Gasteiger partial charge in [-0.05, 0) is 55.3 Å². The van der Waals surface area contributed by atoms with Gasteiger partial charge in [-0.15, -0.1) is 0 Å². The van der Waals surface area contributed by atoms with Crippen LogP contribution < -0.4 is 16.1 Å². The molecule has 3 aliphatic rings. The van der Waals surface area contributed by atoms with Gasteiger partial charge in [0.1, 0.15) is 0 Å². The molecular weight excluding hydrogens is 486 g/mol. The minimum Gasteiger partial charge on any atom is -0.504 e. The molecule has 1 aliphatic heterocycles. The first-order valence-electron chi connectivity index (χ1n) is 12.5. The van der Waals surface area contributed by atoms with Crippen LogP contribution in [0.1, 0.15) is 37.8 Å². The number of para-hydroxylation sites is 1. The summed E-state index contributed by atoms with van der Waals surface area (Å²) in [6.07, 6.45) is 3.34. The number of allylic oxidation sites excluding steroid dienone is 6. The van der Waals surface area contributed by atoms with Gasteiger partial charge in [-0.25, -0.2) is 23.5 Å². The van der Waals surface area contributed by atoms with Crippen LogP contribution in [0, 0.1) is 0 Å². The summed E-state index contributed by atoms with van der Waals surface area (Å²) in [5.74, 6) is -0.940. The summed E-state index contributed by atoms with van der Waals surface area (Å²) < 4.78 is 9.52. The Morgan fingerprint density at radius 3 is 2.53 bits per heavy atom. The molecule has 192 valence electrons. The van der Waals surface area contributed by atoms with Crippen molar-refractivity contribution in [1.29, 1.82) is 0 Å². The largest absolute Gasteiger partial charge is 0.504 e. The minimum atomic E-state index is -0.653. The first-order chi connectivity index (χ1) is 18.3. The topological polar surface area (TPSA) is 113 Å². The van der Waals surface area contributed by atoms with E-state index in [-0.39, 0.29) is 36.0 Å². The minimum absolute atomic E-state index is 0.0402. The number of phenols is 1. The summed E-state index contributed by atoms with van der Waals surface area (Å²) in [6.45, 7) is 3.86. The van der Waals surface area contributed by atoms with Crippen molar-refractivity contribution in [2.24, 2.45) is 0 Å². The molecule has 1 aromatic heterocycles. The number of carbonyl (C=O) groups excluding carboxylic acids is 2. The highest BCUT2D eigenvalue weighted by Gasteiger charge is 2.44. The highest BCUT2D eigenvalue weighted by atomic mass is 16.5. The van der Waals surface area contributed by atoms with E-state index in [0.717, 1.165) is 10.1 Å². The van der Waals surface area contributed by atoms with Gasteiger partial charge < -0.3 is 9.84 Å². The molecule has 2 aromatic carbocycles. The van der Waals surface area contributed by atoms with Crippen molar-refractivity contribution < 1.29 is 19.4 Å². The highest BCUT2D eigenvalue weighted by molar-refractivity contribution is 6.23. The molecule has 2 heterocycles. The number of nitrogens with zero attached hydrogens (tertiary/aromatic N) is 3. The van der Waals surface area contributed by atoms with E-state index in [2.05, 4.69) is 0 Å². The van der Waals surface area contributed by atoms with Crippen LogP contribution in [0.5, 0.6) is 11.5 Å². The first-order valence-corrected chi connectivity index (χ1v) is 12.5. The third kappa shape index (κ3) is 3.38. The van der Waals surface area contributed by atoms with Gasteiger partial charge in [0.2, 0.25) is 0 Å². The summed E-state index contributed by atoms with van der Waals surface area (Å²) >= 11 is 0. The number of hydrogen-bond acceptors (Lipinski definition) is 6. The third-order valence-corrected chi connectivity index (χ3v) is 7.46. The van der Waals surface area contributed by atoms with Gasteiger partial charge in [-0.3, -0.25) is 9.59 Å². The van der Waals surface area contributed by atoms with E-state index >= 15 is 0 Å². The fourth-order valence-corrected chi connectivity index (χ4v) is 5.81. The Morgan fingerprint density at radius 2 is 1.79 bits per heavy atom. The van der Waals surface area contributed by atoms with Gasteiger partial charge in [0.15, 0.2) is 23.1 Å². The number of fused-ring (bicyclic) bond motifs is 3. The lowest BCUT2D eigenvalue weighted by Gasteiger charge is -2.39. The lowest BCUT2D eigenvalue weighted by molar-refractivity contribution is -0.116. The van der Waals surface area contributed by atoms with E-state index in [9.17, 15) is 24.3 Å². The molecule has 38 heavy (non-hydrogen) atoms. The molecule has 0 radical (unpaired) electrons. The molecule has 0 saturated carbocycles. The lowest BCUT2D eigenvalue weighted by atomic mass is 9.68. The van der Waals surface area contributed by atoms with Crippen molar-refractivity contribution >= 4 is 11.6 Å². The molecule has 9 heteroatoms. The van der Waals surface area contributed by atoms with Crippen LogP contribution in [0.15, 0.2) is 92.6 Å². The van der Waals surface area contributed by atoms with Crippen molar-refractivity contribution in [2.45, 2.75) is 38.8 Å². The molecule has 3 aromatic rings. The van der Waals surface area contributed by atoms with Crippen LogP contribution in [-0.2, 0) is 16.1 Å². The maximum Gasteiger partial charge on any atom is 0.352 e. The quantitative estimate of drug-likeness (QED) is 0.426. The van der Waals surface area contributed by atoms with Crippen molar-refractivity contribution in [3.8, 4) is 17.2 Å². The summed E-state index contributed by atoms with van der Waals surface area (Å²) in [6, 6.07) is 12.9. The predicted molar refractivity (Wildman–Crippen MR) is 139 cm³/mol. The Labute approximate surface area is 217 Å². The van der Waals surface area contributed by atoms with Crippen LogP contribution in [0.25, 0.3) is 5.69 Å². The number of benzene rings is 2. The molecule has 1 N–H and O–H groups in total. The number of ketones is 2. The number of ether oxygens (including phenoxy) is 1. The maximum absolute atomic E-state index is 13.7. The monoisotopic (exact) mass is 511 g/mol. The Balaban J connectivity index is 1.58. The van der Waals surface area contributed by atoms with E-state index in [1.165, 1.54) is 21.5 Å². The van der Waals surface area contributed by atoms with Gasteiger partial charge in [-0.1, -0.05) is 30.3 Å². The average Bonchev–Trinajstić information content (AvgIpc) is 3.17. The number of Topliss-reactive ketones (excluding diaryl/α,β-unsaturated/α-hetero) is 1. The normalized spacial score (nSPS) is 20.4. The van der Waals surface area contributed by atoms with E-state index in [4.69, 9.17) is 4.74 Å². The van der Waals surface area contributed by atoms with Crippen molar-refractivity contribution in [1.82, 2.24) is 13.9 Å². The van der Waals surface area contributed by atoms with Gasteiger partial charge >= 0.3 is 11.4 Å². The molecule has 2 unspecified atom stereocenters. The van der Waals surface area contributed by atoms with Gasteiger partial charge in [-0.2, -0.15) is 0 Å². The zero-order chi connectivity index (χ0) is 26.7. The molecule has 6 rings (SSSR count). The van der Waals surface area contributed by atoms with Crippen molar-refractivity contribution in [2.75, 3.05) is 6.61 Å². The van der Waals surface area contributed by atoms with Crippen LogP contribution in [0.3, 0.4) is 0 Å². The van der Waals surface area contributed by atoms with E-state index in [1.807, 2.05) is 6.08 Å². The lowest BCUT2D eigenvalue weighted by Crippen LogP contribution is -2.40. The average molecular weight is 512 g/mol. The zero-order valence-corrected chi connectivity index (χ0v) is 20.9. The van der Waals surface area contributed by atoms with E-state index < -0.39 is 23.3 Å². The van der Waals surface area contributed by atoms with Crippen LogP contribution in [0.4, 0.5) is 0 Å². The van der Waals surface area contributed by atoms with E-state index in [0.29, 0.717) is 34.6 Å². The van der Waals surface area contributed by atoms with Gasteiger partial charge in [0.05, 0.1) is 24.9 Å². The standard InChI is InChI=1S/C29H25N3O6/c1-3-38-24-14-17(9-10-22(24)33)25-19-11-12-30-28(36)31(18-7-5-4-6-8-18)29(37)32(30)21(19)15-20-26(25)23(34)13-16(2)27(20)35/h4-11,13-14,21,25,33H,3,12,15H2,1-2H3. The summed E-state index contributed by atoms with van der Waals surface area (Å²) in [7, 11) is 0. The SMILES string of the molecule is CCOc1cc(C2C3=CCn4c(=O)n(-c5ccccc5)c(=O)n4C3CC3=C2C(=O)C=C(C)C3=O)ccc1O. The smallest absolute Gasteiger partial charge is 0.352 e. The second-order valence-electron chi connectivity index (χ2n) is 9.59. The fraction of sp³-hybridized carbons (Fsp3) is 0.241. The summed E-state index contributed by atoms with van der Waals surface area (Å²) in [5.41, 5.74) is 1.90. The summed E-state index contributed by atoms with van der Waals surface area (Å²) in [5, 5.41) is 10.3. The van der Waals surface area contributed by atoms with Crippen LogP contribution in [0.2, 0.25) is 0 Å². The molecule has 0 bridgehead atoms. The Morgan fingerprint density at radius 1 is 1.03 bits per heavy atom. The van der Waals surface area contributed by atoms with Gasteiger partial charge in [0, 0.05) is 29.1 Å².